The van der Waals surface area contributed by atoms with E-state index in [0.29, 0.717) is 0 Å². The van der Waals surface area contributed by atoms with E-state index in [9.17, 15) is 0 Å². The van der Waals surface area contributed by atoms with Crippen LogP contribution in [0.1, 0.15) is 10.4 Å². The molecular weight excluding hydrogens is 292 g/mol. The average molecular weight is 308 g/mol. The lowest BCUT2D eigenvalue weighted by Crippen LogP contribution is -1.93. The van der Waals surface area contributed by atoms with Crippen molar-refractivity contribution in [2.75, 3.05) is 12.4 Å². The van der Waals surface area contributed by atoms with Gasteiger partial charge in [0.25, 0.3) is 0 Å². The number of ether oxygens (including phenoxy) is 1. The molecule has 0 aliphatic carbocycles. The van der Waals surface area contributed by atoms with Crippen molar-refractivity contribution in [2.45, 2.75) is 12.8 Å². The number of thiazole rings is 1. The van der Waals surface area contributed by atoms with Crippen LogP contribution in [0.5, 0.6) is 5.75 Å². The number of aromatic nitrogens is 1. The van der Waals surface area contributed by atoms with Crippen LogP contribution in [0.4, 0.5) is 11.5 Å². The first-order valence-electron chi connectivity index (χ1n) is 7.32. The Kier molecular flexibility index (Phi) is 3.31. The zero-order valence-electron chi connectivity index (χ0n) is 12.3. The Balaban J connectivity index is 1.69. The monoisotopic (exact) mass is 308 g/mol. The van der Waals surface area contributed by atoms with Crippen molar-refractivity contribution in [2.24, 2.45) is 0 Å². The molecule has 0 fully saturated rings. The van der Waals surface area contributed by atoms with Crippen molar-refractivity contribution in [3.63, 3.8) is 0 Å². The van der Waals surface area contributed by atoms with Gasteiger partial charge in [-0.1, -0.05) is 18.2 Å². The molecule has 0 saturated heterocycles. The fourth-order valence-electron chi connectivity index (χ4n) is 2.71. The number of hydrogen-bond acceptors (Lipinski definition) is 4. The highest BCUT2D eigenvalue weighted by atomic mass is 32.1. The van der Waals surface area contributed by atoms with Gasteiger partial charge in [0.1, 0.15) is 16.6 Å². The molecule has 110 valence electrons. The summed E-state index contributed by atoms with van der Waals surface area (Å²) in [6.45, 7) is 0. The van der Waals surface area contributed by atoms with Crippen LogP contribution in [0, 0.1) is 0 Å². The number of fused-ring (bicyclic) bond motifs is 2. The minimum absolute atomic E-state index is 0.869. The summed E-state index contributed by atoms with van der Waals surface area (Å²) in [6, 6.07) is 16.5. The second-order valence-corrected chi connectivity index (χ2v) is 6.39. The van der Waals surface area contributed by atoms with E-state index in [1.807, 2.05) is 12.1 Å². The van der Waals surface area contributed by atoms with Crippen LogP contribution in [0.3, 0.4) is 0 Å². The molecule has 0 amide bonds. The van der Waals surface area contributed by atoms with Crippen molar-refractivity contribution in [1.29, 1.82) is 0 Å². The molecule has 0 saturated carbocycles. The summed E-state index contributed by atoms with van der Waals surface area (Å²) in [5, 5.41) is 4.55. The molecular formula is C18H16N2OS. The van der Waals surface area contributed by atoms with Gasteiger partial charge >= 0.3 is 0 Å². The third-order valence-electron chi connectivity index (χ3n) is 3.93. The lowest BCUT2D eigenvalue weighted by Gasteiger charge is -2.06. The molecule has 1 aliphatic heterocycles. The molecule has 4 rings (SSSR count). The Labute approximate surface area is 133 Å². The van der Waals surface area contributed by atoms with Crippen LogP contribution in [0.25, 0.3) is 10.6 Å². The first-order valence-corrected chi connectivity index (χ1v) is 8.14. The van der Waals surface area contributed by atoms with Gasteiger partial charge in [-0.3, -0.25) is 0 Å². The minimum atomic E-state index is 0.869. The topological polar surface area (TPSA) is 34.1 Å². The summed E-state index contributed by atoms with van der Waals surface area (Å²) in [6.07, 6.45) is 2.09. The number of methoxy groups -OCH3 is 1. The fraction of sp³-hybridized carbons (Fsp3) is 0.167. The van der Waals surface area contributed by atoms with E-state index in [2.05, 4.69) is 41.7 Å². The van der Waals surface area contributed by atoms with Crippen LogP contribution in [0.2, 0.25) is 0 Å². The molecule has 3 nitrogen and oxygen atoms in total. The Bertz CT molecular complexity index is 808. The SMILES string of the molecule is COc1ccc(-c2nc3c(s2)CCc2ccccc2N3)cc1. The van der Waals surface area contributed by atoms with Gasteiger partial charge < -0.3 is 10.1 Å². The highest BCUT2D eigenvalue weighted by Crippen LogP contribution is 2.37. The second kappa shape index (κ2) is 5.46. The molecule has 0 radical (unpaired) electrons. The molecule has 4 heteroatoms. The maximum absolute atomic E-state index is 5.21. The van der Waals surface area contributed by atoms with Gasteiger partial charge in [0.05, 0.1) is 7.11 Å². The zero-order chi connectivity index (χ0) is 14.9. The number of benzene rings is 2. The fourth-order valence-corrected chi connectivity index (χ4v) is 3.73. The molecule has 0 unspecified atom stereocenters. The van der Waals surface area contributed by atoms with Gasteiger partial charge in [-0.25, -0.2) is 4.98 Å². The predicted octanol–water partition coefficient (Wildman–Crippen LogP) is 4.66. The van der Waals surface area contributed by atoms with E-state index in [4.69, 9.17) is 9.72 Å². The number of rotatable bonds is 2. The Hall–Kier alpha value is -2.33. The smallest absolute Gasteiger partial charge is 0.145 e. The lowest BCUT2D eigenvalue weighted by atomic mass is 10.1. The first kappa shape index (κ1) is 13.3. The number of anilines is 2. The van der Waals surface area contributed by atoms with Crippen molar-refractivity contribution in [1.82, 2.24) is 4.98 Å². The van der Waals surface area contributed by atoms with Gasteiger partial charge in [-0.15, -0.1) is 11.3 Å². The van der Waals surface area contributed by atoms with Crippen LogP contribution in [-0.2, 0) is 12.8 Å². The molecule has 2 aromatic carbocycles. The summed E-state index contributed by atoms with van der Waals surface area (Å²) < 4.78 is 5.21. The molecule has 2 heterocycles. The van der Waals surface area contributed by atoms with E-state index in [1.165, 1.54) is 16.1 Å². The molecule has 1 N–H and O–H groups in total. The van der Waals surface area contributed by atoms with Crippen LogP contribution in [0.15, 0.2) is 48.5 Å². The summed E-state index contributed by atoms with van der Waals surface area (Å²) in [7, 11) is 1.68. The third-order valence-corrected chi connectivity index (χ3v) is 5.09. The Morgan fingerprint density at radius 3 is 2.68 bits per heavy atom. The molecule has 3 aromatic rings. The average Bonchev–Trinajstić information content (AvgIpc) is 2.89. The van der Waals surface area contributed by atoms with E-state index in [1.54, 1.807) is 18.4 Å². The van der Waals surface area contributed by atoms with Gasteiger partial charge in [-0.2, -0.15) is 0 Å². The predicted molar refractivity (Wildman–Crippen MR) is 91.2 cm³/mol. The Morgan fingerprint density at radius 1 is 1.05 bits per heavy atom. The number of hydrogen-bond donors (Lipinski definition) is 1. The molecule has 1 aromatic heterocycles. The van der Waals surface area contributed by atoms with Gasteiger partial charge in [0.15, 0.2) is 0 Å². The summed E-state index contributed by atoms with van der Waals surface area (Å²) in [5.74, 6) is 1.87. The molecule has 0 spiro atoms. The molecule has 0 bridgehead atoms. The van der Waals surface area contributed by atoms with E-state index >= 15 is 0 Å². The summed E-state index contributed by atoms with van der Waals surface area (Å²) >= 11 is 1.77. The van der Waals surface area contributed by atoms with Crippen molar-refractivity contribution in [3.8, 4) is 16.3 Å². The number of nitrogens with zero attached hydrogens (tertiary/aromatic N) is 1. The molecule has 22 heavy (non-hydrogen) atoms. The highest BCUT2D eigenvalue weighted by Gasteiger charge is 2.17. The maximum Gasteiger partial charge on any atom is 0.145 e. The van der Waals surface area contributed by atoms with E-state index < -0.39 is 0 Å². The number of para-hydroxylation sites is 1. The van der Waals surface area contributed by atoms with E-state index in [-0.39, 0.29) is 0 Å². The third kappa shape index (κ3) is 2.35. The van der Waals surface area contributed by atoms with Crippen LogP contribution in [-0.4, -0.2) is 12.1 Å². The summed E-state index contributed by atoms with van der Waals surface area (Å²) in [5.41, 5.74) is 3.67. The van der Waals surface area contributed by atoms with E-state index in [0.717, 1.165) is 35.0 Å². The largest absolute Gasteiger partial charge is 0.497 e. The first-order chi connectivity index (χ1) is 10.8. The van der Waals surface area contributed by atoms with Crippen molar-refractivity contribution >= 4 is 22.8 Å². The van der Waals surface area contributed by atoms with Crippen molar-refractivity contribution in [3.05, 3.63) is 59.0 Å². The molecule has 1 aliphatic rings. The Morgan fingerprint density at radius 2 is 1.86 bits per heavy atom. The lowest BCUT2D eigenvalue weighted by molar-refractivity contribution is 0.415. The number of aryl methyl sites for hydroxylation is 2. The normalized spacial score (nSPS) is 12.8. The molecule has 0 atom stereocenters. The van der Waals surface area contributed by atoms with Crippen LogP contribution >= 0.6 is 11.3 Å². The summed E-state index contributed by atoms with van der Waals surface area (Å²) in [4.78, 5) is 6.12. The van der Waals surface area contributed by atoms with Gasteiger partial charge in [0, 0.05) is 16.1 Å². The standard InChI is InChI=1S/C18H16N2OS/c1-21-14-9-6-13(7-10-14)18-20-17-16(22-18)11-8-12-4-2-3-5-15(12)19-17/h2-7,9-10,19H,8,11H2,1H3. The second-order valence-electron chi connectivity index (χ2n) is 5.30. The zero-order valence-corrected chi connectivity index (χ0v) is 13.1. The van der Waals surface area contributed by atoms with Gasteiger partial charge in [-0.05, 0) is 48.7 Å². The van der Waals surface area contributed by atoms with Crippen LogP contribution < -0.4 is 10.1 Å². The maximum atomic E-state index is 5.21. The number of nitrogens with one attached hydrogen (secondary N) is 1. The van der Waals surface area contributed by atoms with Crippen molar-refractivity contribution < 1.29 is 4.74 Å². The minimum Gasteiger partial charge on any atom is -0.497 e. The quantitative estimate of drug-likeness (QED) is 0.747. The highest BCUT2D eigenvalue weighted by molar-refractivity contribution is 7.15. The van der Waals surface area contributed by atoms with Gasteiger partial charge in [0.2, 0.25) is 0 Å².